The third-order valence-electron chi connectivity index (χ3n) is 4.19. The van der Waals surface area contributed by atoms with Crippen molar-refractivity contribution in [2.24, 2.45) is 0 Å². The molecule has 1 aliphatic rings. The standard InChI is InChI=1S/C19H19FN2O2/c1-13-4-2-5-14(12-13)19(24)22-11-3-6-17(22)18(23)21-16-9-7-15(20)8-10-16/h2,4-5,7-10,12,17H,3,6,11H2,1H3,(H,21,23)/t17-/m0/s1. The van der Waals surface area contributed by atoms with Gasteiger partial charge >= 0.3 is 0 Å². The van der Waals surface area contributed by atoms with Crippen molar-refractivity contribution in [3.63, 3.8) is 0 Å². The minimum absolute atomic E-state index is 0.129. The fourth-order valence-corrected chi connectivity index (χ4v) is 2.99. The second kappa shape index (κ2) is 6.83. The lowest BCUT2D eigenvalue weighted by atomic mass is 10.1. The fourth-order valence-electron chi connectivity index (χ4n) is 2.99. The summed E-state index contributed by atoms with van der Waals surface area (Å²) < 4.78 is 12.9. The molecule has 1 fully saturated rings. The van der Waals surface area contributed by atoms with Crippen LogP contribution in [0.25, 0.3) is 0 Å². The molecule has 0 aliphatic carbocycles. The lowest BCUT2D eigenvalue weighted by Crippen LogP contribution is -2.43. The summed E-state index contributed by atoms with van der Waals surface area (Å²) in [5.41, 5.74) is 2.13. The molecule has 2 amide bonds. The van der Waals surface area contributed by atoms with Gasteiger partial charge in [0.1, 0.15) is 11.9 Å². The maximum atomic E-state index is 12.9. The van der Waals surface area contributed by atoms with Crippen LogP contribution >= 0.6 is 0 Å². The predicted molar refractivity (Wildman–Crippen MR) is 90.3 cm³/mol. The van der Waals surface area contributed by atoms with Gasteiger partial charge in [0.05, 0.1) is 0 Å². The lowest BCUT2D eigenvalue weighted by Gasteiger charge is -2.24. The van der Waals surface area contributed by atoms with Crippen LogP contribution in [0.4, 0.5) is 10.1 Å². The van der Waals surface area contributed by atoms with E-state index in [1.807, 2.05) is 25.1 Å². The average Bonchev–Trinajstić information content (AvgIpc) is 3.06. The summed E-state index contributed by atoms with van der Waals surface area (Å²) in [5, 5.41) is 2.76. The highest BCUT2D eigenvalue weighted by molar-refractivity contribution is 6.01. The molecule has 0 spiro atoms. The van der Waals surface area contributed by atoms with Crippen LogP contribution in [0.5, 0.6) is 0 Å². The summed E-state index contributed by atoms with van der Waals surface area (Å²) in [7, 11) is 0. The third-order valence-corrected chi connectivity index (χ3v) is 4.19. The van der Waals surface area contributed by atoms with Crippen molar-refractivity contribution in [2.45, 2.75) is 25.8 Å². The van der Waals surface area contributed by atoms with E-state index in [0.717, 1.165) is 12.0 Å². The molecule has 4 nitrogen and oxygen atoms in total. The van der Waals surface area contributed by atoms with Gasteiger partial charge in [0.25, 0.3) is 5.91 Å². The van der Waals surface area contributed by atoms with Crippen molar-refractivity contribution in [2.75, 3.05) is 11.9 Å². The van der Waals surface area contributed by atoms with Crippen molar-refractivity contribution in [3.8, 4) is 0 Å². The summed E-state index contributed by atoms with van der Waals surface area (Å²) in [4.78, 5) is 26.8. The summed E-state index contributed by atoms with van der Waals surface area (Å²) in [6.45, 7) is 2.49. The van der Waals surface area contributed by atoms with Crippen molar-refractivity contribution in [3.05, 3.63) is 65.5 Å². The number of rotatable bonds is 3. The summed E-state index contributed by atoms with van der Waals surface area (Å²) in [6, 6.07) is 12.5. The Labute approximate surface area is 140 Å². The highest BCUT2D eigenvalue weighted by atomic mass is 19.1. The lowest BCUT2D eigenvalue weighted by molar-refractivity contribution is -0.119. The first-order valence-corrected chi connectivity index (χ1v) is 7.98. The number of benzene rings is 2. The van der Waals surface area contributed by atoms with Gasteiger partial charge in [-0.2, -0.15) is 0 Å². The number of hydrogen-bond donors (Lipinski definition) is 1. The van der Waals surface area contributed by atoms with Crippen LogP contribution in [-0.4, -0.2) is 29.3 Å². The normalized spacial score (nSPS) is 16.9. The van der Waals surface area contributed by atoms with E-state index in [0.29, 0.717) is 24.2 Å². The van der Waals surface area contributed by atoms with Crippen molar-refractivity contribution < 1.29 is 14.0 Å². The number of carbonyl (C=O) groups excluding carboxylic acids is 2. The molecule has 1 N–H and O–H groups in total. The molecular formula is C19H19FN2O2. The van der Waals surface area contributed by atoms with Gasteiger partial charge in [0.2, 0.25) is 5.91 Å². The van der Waals surface area contributed by atoms with Gasteiger partial charge in [-0.1, -0.05) is 17.7 Å². The smallest absolute Gasteiger partial charge is 0.254 e. The topological polar surface area (TPSA) is 49.4 Å². The van der Waals surface area contributed by atoms with E-state index in [-0.39, 0.29) is 17.6 Å². The third kappa shape index (κ3) is 3.45. The first-order valence-electron chi connectivity index (χ1n) is 7.98. The van der Waals surface area contributed by atoms with E-state index >= 15 is 0 Å². The molecule has 0 saturated carbocycles. The molecular weight excluding hydrogens is 307 g/mol. The number of carbonyl (C=O) groups is 2. The van der Waals surface area contributed by atoms with Crippen molar-refractivity contribution >= 4 is 17.5 Å². The monoisotopic (exact) mass is 326 g/mol. The Morgan fingerprint density at radius 3 is 2.62 bits per heavy atom. The van der Waals surface area contributed by atoms with Crippen LogP contribution in [0, 0.1) is 12.7 Å². The molecule has 2 aromatic rings. The highest BCUT2D eigenvalue weighted by Crippen LogP contribution is 2.22. The first kappa shape index (κ1) is 16.2. The van der Waals surface area contributed by atoms with Gasteiger partial charge in [0, 0.05) is 17.8 Å². The summed E-state index contributed by atoms with van der Waals surface area (Å²) >= 11 is 0. The SMILES string of the molecule is Cc1cccc(C(=O)N2CCC[C@H]2C(=O)Nc2ccc(F)cc2)c1. The Morgan fingerprint density at radius 1 is 1.17 bits per heavy atom. The molecule has 1 saturated heterocycles. The van der Waals surface area contributed by atoms with Gasteiger partial charge in [-0.15, -0.1) is 0 Å². The molecule has 3 rings (SSSR count). The molecule has 1 heterocycles. The van der Waals surface area contributed by atoms with Crippen molar-refractivity contribution in [1.82, 2.24) is 4.90 Å². The number of likely N-dealkylation sites (tertiary alicyclic amines) is 1. The van der Waals surface area contributed by atoms with Gasteiger partial charge in [0.15, 0.2) is 0 Å². The molecule has 0 bridgehead atoms. The van der Waals surface area contributed by atoms with Gasteiger partial charge < -0.3 is 10.2 Å². The van der Waals surface area contributed by atoms with Gasteiger partial charge in [-0.05, 0) is 56.2 Å². The quantitative estimate of drug-likeness (QED) is 0.940. The maximum absolute atomic E-state index is 12.9. The number of halogens is 1. The zero-order valence-electron chi connectivity index (χ0n) is 13.5. The van der Waals surface area contributed by atoms with Crippen LogP contribution < -0.4 is 5.32 Å². The Hall–Kier alpha value is -2.69. The average molecular weight is 326 g/mol. The van der Waals surface area contributed by atoms with E-state index in [1.165, 1.54) is 24.3 Å². The molecule has 5 heteroatoms. The van der Waals surface area contributed by atoms with Crippen LogP contribution in [-0.2, 0) is 4.79 Å². The number of amides is 2. The zero-order chi connectivity index (χ0) is 17.1. The summed E-state index contributed by atoms with van der Waals surface area (Å²) in [6.07, 6.45) is 1.42. The van der Waals surface area contributed by atoms with E-state index in [9.17, 15) is 14.0 Å². The number of nitrogens with zero attached hydrogens (tertiary/aromatic N) is 1. The van der Waals surface area contributed by atoms with Crippen LogP contribution in [0.2, 0.25) is 0 Å². The zero-order valence-corrected chi connectivity index (χ0v) is 13.5. The molecule has 24 heavy (non-hydrogen) atoms. The minimum atomic E-state index is -0.497. The number of anilines is 1. The highest BCUT2D eigenvalue weighted by Gasteiger charge is 2.34. The van der Waals surface area contributed by atoms with Crippen LogP contribution in [0.3, 0.4) is 0 Å². The van der Waals surface area contributed by atoms with E-state index in [2.05, 4.69) is 5.32 Å². The van der Waals surface area contributed by atoms with Gasteiger partial charge in [-0.3, -0.25) is 9.59 Å². The van der Waals surface area contributed by atoms with Crippen molar-refractivity contribution in [1.29, 1.82) is 0 Å². The molecule has 2 aromatic carbocycles. The van der Waals surface area contributed by atoms with E-state index in [1.54, 1.807) is 11.0 Å². The number of aryl methyl sites for hydroxylation is 1. The molecule has 124 valence electrons. The fraction of sp³-hybridized carbons (Fsp3) is 0.263. The largest absolute Gasteiger partial charge is 0.327 e. The Bertz CT molecular complexity index is 758. The number of nitrogens with one attached hydrogen (secondary N) is 1. The van der Waals surface area contributed by atoms with Crippen LogP contribution in [0.15, 0.2) is 48.5 Å². The summed E-state index contributed by atoms with van der Waals surface area (Å²) in [5.74, 6) is -0.722. The van der Waals surface area contributed by atoms with Gasteiger partial charge in [-0.25, -0.2) is 4.39 Å². The maximum Gasteiger partial charge on any atom is 0.254 e. The molecule has 1 aliphatic heterocycles. The molecule has 0 radical (unpaired) electrons. The Kier molecular flexibility index (Phi) is 4.60. The Balaban J connectivity index is 1.73. The van der Waals surface area contributed by atoms with E-state index in [4.69, 9.17) is 0 Å². The second-order valence-electron chi connectivity index (χ2n) is 6.02. The predicted octanol–water partition coefficient (Wildman–Crippen LogP) is 3.38. The number of hydrogen-bond acceptors (Lipinski definition) is 2. The molecule has 1 atom stereocenters. The van der Waals surface area contributed by atoms with E-state index < -0.39 is 6.04 Å². The second-order valence-corrected chi connectivity index (χ2v) is 6.02. The first-order chi connectivity index (χ1) is 11.5. The molecule has 0 aromatic heterocycles. The minimum Gasteiger partial charge on any atom is -0.327 e. The molecule has 0 unspecified atom stereocenters. The Morgan fingerprint density at radius 2 is 1.92 bits per heavy atom. The van der Waals surface area contributed by atoms with Crippen LogP contribution in [0.1, 0.15) is 28.8 Å².